The van der Waals surface area contributed by atoms with Crippen molar-refractivity contribution in [1.29, 1.82) is 0 Å². The third-order valence-corrected chi connectivity index (χ3v) is 3.41. The number of benzene rings is 1. The van der Waals surface area contributed by atoms with Gasteiger partial charge in [0.15, 0.2) is 0 Å². The van der Waals surface area contributed by atoms with Crippen LogP contribution in [0.1, 0.15) is 5.69 Å². The highest BCUT2D eigenvalue weighted by molar-refractivity contribution is 5.83. The Morgan fingerprint density at radius 2 is 2.04 bits per heavy atom. The maximum Gasteiger partial charge on any atom is 0.408 e. The van der Waals surface area contributed by atoms with Gasteiger partial charge in [0.2, 0.25) is 0 Å². The summed E-state index contributed by atoms with van der Waals surface area (Å²) in [6.45, 7) is -1.14. The molecule has 9 heteroatoms. The summed E-state index contributed by atoms with van der Waals surface area (Å²) in [7, 11) is 1.48. The van der Waals surface area contributed by atoms with Crippen molar-refractivity contribution >= 4 is 10.9 Å². The van der Waals surface area contributed by atoms with Crippen LogP contribution in [0.15, 0.2) is 41.6 Å². The summed E-state index contributed by atoms with van der Waals surface area (Å²) < 4.78 is 44.3. The molecule has 0 amide bonds. The molecule has 126 valence electrons. The molecule has 0 bridgehead atoms. The summed E-state index contributed by atoms with van der Waals surface area (Å²) >= 11 is 0. The summed E-state index contributed by atoms with van der Waals surface area (Å²) in [4.78, 5) is 16.7. The highest BCUT2D eigenvalue weighted by Gasteiger charge is 2.28. The van der Waals surface area contributed by atoms with Crippen molar-refractivity contribution in [2.75, 3.05) is 7.11 Å². The number of ether oxygens (including phenoxy) is 1. The predicted molar refractivity (Wildman–Crippen MR) is 79.9 cm³/mol. The molecule has 1 aromatic carbocycles. The number of hydrogen-bond donors (Lipinski definition) is 0. The second-order valence-corrected chi connectivity index (χ2v) is 5.15. The highest BCUT2D eigenvalue weighted by Crippen LogP contribution is 2.20. The fourth-order valence-electron chi connectivity index (χ4n) is 2.37. The number of methoxy groups -OCH3 is 1. The van der Waals surface area contributed by atoms with E-state index in [4.69, 9.17) is 4.74 Å². The van der Waals surface area contributed by atoms with Crippen LogP contribution in [0.25, 0.3) is 10.9 Å². The lowest BCUT2D eigenvalue weighted by Crippen LogP contribution is -2.22. The molecule has 0 atom stereocenters. The zero-order valence-electron chi connectivity index (χ0n) is 12.6. The van der Waals surface area contributed by atoms with Gasteiger partial charge in [-0.25, -0.2) is 4.98 Å². The van der Waals surface area contributed by atoms with Gasteiger partial charge in [0, 0.05) is 6.20 Å². The number of fused-ring (bicyclic) bond motifs is 1. The lowest BCUT2D eigenvalue weighted by molar-refractivity contribution is -0.142. The fraction of sp³-hybridized carbons (Fsp3) is 0.267. The van der Waals surface area contributed by atoms with Crippen LogP contribution < -0.4 is 10.3 Å². The lowest BCUT2D eigenvalue weighted by atomic mass is 10.2. The van der Waals surface area contributed by atoms with Gasteiger partial charge in [0.25, 0.3) is 5.56 Å². The summed E-state index contributed by atoms with van der Waals surface area (Å²) in [5.74, 6) is 0.478. The van der Waals surface area contributed by atoms with Crippen LogP contribution in [0, 0.1) is 0 Å². The predicted octanol–water partition coefficient (Wildman–Crippen LogP) is 2.21. The van der Waals surface area contributed by atoms with Gasteiger partial charge in [0.1, 0.15) is 17.8 Å². The van der Waals surface area contributed by atoms with Crippen molar-refractivity contribution in [2.24, 2.45) is 0 Å². The molecule has 0 radical (unpaired) electrons. The van der Waals surface area contributed by atoms with Crippen LogP contribution in [-0.4, -0.2) is 32.6 Å². The van der Waals surface area contributed by atoms with Crippen molar-refractivity contribution in [3.63, 3.8) is 0 Å². The molecule has 3 aromatic rings. The molecule has 0 N–H and O–H groups in total. The van der Waals surface area contributed by atoms with Crippen molar-refractivity contribution in [3.8, 4) is 5.75 Å². The van der Waals surface area contributed by atoms with Gasteiger partial charge in [-0.05, 0) is 18.2 Å². The average Bonchev–Trinajstić information content (AvgIpc) is 2.94. The first-order chi connectivity index (χ1) is 11.4. The topological polar surface area (TPSA) is 61.9 Å². The van der Waals surface area contributed by atoms with Crippen molar-refractivity contribution in [1.82, 2.24) is 19.3 Å². The molecule has 2 heterocycles. The van der Waals surface area contributed by atoms with E-state index in [0.29, 0.717) is 22.3 Å². The smallest absolute Gasteiger partial charge is 0.408 e. The first kappa shape index (κ1) is 16.0. The largest absolute Gasteiger partial charge is 0.494 e. The summed E-state index contributed by atoms with van der Waals surface area (Å²) in [6, 6.07) is 6.42. The maximum atomic E-state index is 12.5. The summed E-state index contributed by atoms with van der Waals surface area (Å²) in [5.41, 5.74) is 0.457. The number of aromatic nitrogens is 4. The Morgan fingerprint density at radius 1 is 1.25 bits per heavy atom. The molecule has 0 aliphatic carbocycles. The Kier molecular flexibility index (Phi) is 4.00. The molecule has 6 nitrogen and oxygen atoms in total. The van der Waals surface area contributed by atoms with E-state index in [1.54, 1.807) is 18.2 Å². The quantitative estimate of drug-likeness (QED) is 0.732. The van der Waals surface area contributed by atoms with Gasteiger partial charge in [-0.2, -0.15) is 18.3 Å². The number of halogens is 3. The van der Waals surface area contributed by atoms with Gasteiger partial charge in [-0.15, -0.1) is 0 Å². The van der Waals surface area contributed by atoms with Crippen molar-refractivity contribution in [2.45, 2.75) is 19.3 Å². The van der Waals surface area contributed by atoms with Crippen LogP contribution in [0.2, 0.25) is 0 Å². The second-order valence-electron chi connectivity index (χ2n) is 5.15. The van der Waals surface area contributed by atoms with Crippen molar-refractivity contribution in [3.05, 3.63) is 52.8 Å². The number of hydrogen-bond acceptors (Lipinski definition) is 4. The minimum Gasteiger partial charge on any atom is -0.494 e. The standard InChI is InChI=1S/C15H13F3N4O2/c1-24-12-4-2-3-11-13(12)19-9-21(14(11)23)7-10-5-6-22(20-10)8-15(16,17)18/h2-6,9H,7-8H2,1H3. The Balaban J connectivity index is 1.91. The van der Waals surface area contributed by atoms with Crippen LogP contribution in [0.3, 0.4) is 0 Å². The van der Waals surface area contributed by atoms with Gasteiger partial charge in [-0.1, -0.05) is 6.07 Å². The number of nitrogens with zero attached hydrogens (tertiary/aromatic N) is 4. The van der Waals surface area contributed by atoms with Crippen LogP contribution >= 0.6 is 0 Å². The molecule has 0 unspecified atom stereocenters. The SMILES string of the molecule is COc1cccc2c(=O)n(Cc3ccn(CC(F)(F)F)n3)cnc12. The third kappa shape index (κ3) is 3.24. The maximum absolute atomic E-state index is 12.5. The van der Waals surface area contributed by atoms with E-state index in [-0.39, 0.29) is 12.1 Å². The summed E-state index contributed by atoms with van der Waals surface area (Å²) in [5, 5.41) is 4.20. The van der Waals surface area contributed by atoms with Crippen molar-refractivity contribution < 1.29 is 17.9 Å². The van der Waals surface area contributed by atoms with Crippen LogP contribution in [0.4, 0.5) is 13.2 Å². The number of rotatable bonds is 4. The first-order valence-corrected chi connectivity index (χ1v) is 6.98. The fourth-order valence-corrected chi connectivity index (χ4v) is 2.37. The molecule has 0 saturated carbocycles. The molecule has 24 heavy (non-hydrogen) atoms. The molecular weight excluding hydrogens is 325 g/mol. The number of para-hydroxylation sites is 1. The Morgan fingerprint density at radius 3 is 2.75 bits per heavy atom. The van der Waals surface area contributed by atoms with E-state index in [1.165, 1.54) is 30.3 Å². The first-order valence-electron chi connectivity index (χ1n) is 6.98. The molecular formula is C15H13F3N4O2. The molecule has 0 saturated heterocycles. The van der Waals surface area contributed by atoms with E-state index in [0.717, 1.165) is 4.68 Å². The van der Waals surface area contributed by atoms with Crippen LogP contribution in [-0.2, 0) is 13.1 Å². The zero-order valence-corrected chi connectivity index (χ0v) is 12.6. The Bertz CT molecular complexity index is 930. The monoisotopic (exact) mass is 338 g/mol. The van der Waals surface area contributed by atoms with Gasteiger partial charge >= 0.3 is 6.18 Å². The molecule has 0 aliphatic rings. The second kappa shape index (κ2) is 5.99. The van der Waals surface area contributed by atoms with Gasteiger partial charge in [-0.3, -0.25) is 14.0 Å². The number of alkyl halides is 3. The summed E-state index contributed by atoms with van der Waals surface area (Å²) in [6.07, 6.45) is -1.79. The highest BCUT2D eigenvalue weighted by atomic mass is 19.4. The lowest BCUT2D eigenvalue weighted by Gasteiger charge is -2.08. The van der Waals surface area contributed by atoms with E-state index >= 15 is 0 Å². The Hall–Kier alpha value is -2.84. The normalized spacial score (nSPS) is 11.8. The van der Waals surface area contributed by atoms with E-state index in [2.05, 4.69) is 10.1 Å². The molecule has 2 aromatic heterocycles. The van der Waals surface area contributed by atoms with E-state index < -0.39 is 12.7 Å². The Labute approximate surface area is 134 Å². The molecule has 3 rings (SSSR count). The van der Waals surface area contributed by atoms with Crippen LogP contribution in [0.5, 0.6) is 5.75 Å². The molecule has 0 aliphatic heterocycles. The van der Waals surface area contributed by atoms with E-state index in [1.807, 2.05) is 0 Å². The minimum atomic E-state index is -4.35. The van der Waals surface area contributed by atoms with Gasteiger partial charge < -0.3 is 4.74 Å². The zero-order chi connectivity index (χ0) is 17.3. The van der Waals surface area contributed by atoms with Gasteiger partial charge in [0.05, 0.1) is 31.1 Å². The minimum absolute atomic E-state index is 0.0316. The third-order valence-electron chi connectivity index (χ3n) is 3.41. The average molecular weight is 338 g/mol. The molecule has 0 spiro atoms. The molecule has 0 fully saturated rings. The van der Waals surface area contributed by atoms with E-state index in [9.17, 15) is 18.0 Å².